The fraction of sp³-hybridized carbons (Fsp3) is 0.167. The number of carbonyl (C=O) groups excluding carboxylic acids is 2. The quantitative estimate of drug-likeness (QED) is 0.493. The summed E-state index contributed by atoms with van der Waals surface area (Å²) in [5, 5.41) is 9.79. The van der Waals surface area contributed by atoms with E-state index in [4.69, 9.17) is 0 Å². The van der Waals surface area contributed by atoms with Crippen LogP contribution >= 0.6 is 0 Å². The Morgan fingerprint density at radius 1 is 0.970 bits per heavy atom. The van der Waals surface area contributed by atoms with Gasteiger partial charge in [0.05, 0.1) is 6.20 Å². The van der Waals surface area contributed by atoms with E-state index < -0.39 is 17.5 Å². The van der Waals surface area contributed by atoms with E-state index in [1.54, 1.807) is 6.07 Å². The highest BCUT2D eigenvalue weighted by atomic mass is 19.2. The minimum atomic E-state index is -0.992. The van der Waals surface area contributed by atoms with Crippen molar-refractivity contribution in [3.05, 3.63) is 101 Å². The molecular weight excluding hydrogens is 428 g/mol. The van der Waals surface area contributed by atoms with Crippen LogP contribution in [0, 0.1) is 11.6 Å². The maximum atomic E-state index is 13.4. The molecular formula is C24H19F2N5O2. The molecule has 2 aromatic heterocycles. The van der Waals surface area contributed by atoms with Gasteiger partial charge in [0.2, 0.25) is 0 Å². The lowest BCUT2D eigenvalue weighted by Crippen LogP contribution is -2.37. The molecule has 0 bridgehead atoms. The molecule has 0 atom stereocenters. The van der Waals surface area contributed by atoms with Crippen LogP contribution in [0.2, 0.25) is 0 Å². The van der Waals surface area contributed by atoms with Crippen LogP contribution in [-0.2, 0) is 19.4 Å². The molecule has 0 unspecified atom stereocenters. The SMILES string of the molecule is O=C(NCc1ccc(F)c(F)c1)c1cc(C(=O)NC2Cc3ccccc3C2)n2nccc2n1. The van der Waals surface area contributed by atoms with Crippen LogP contribution in [-0.4, -0.2) is 32.5 Å². The van der Waals surface area contributed by atoms with Crippen molar-refractivity contribution in [1.82, 2.24) is 25.2 Å². The zero-order chi connectivity index (χ0) is 22.9. The average molecular weight is 447 g/mol. The van der Waals surface area contributed by atoms with Crippen molar-refractivity contribution >= 4 is 17.5 Å². The van der Waals surface area contributed by atoms with Gasteiger partial charge in [0, 0.05) is 24.7 Å². The molecule has 7 nitrogen and oxygen atoms in total. The summed E-state index contributed by atoms with van der Waals surface area (Å²) in [6.07, 6.45) is 2.96. The zero-order valence-electron chi connectivity index (χ0n) is 17.4. The van der Waals surface area contributed by atoms with Crippen LogP contribution < -0.4 is 10.6 Å². The molecule has 166 valence electrons. The summed E-state index contributed by atoms with van der Waals surface area (Å²) in [5.41, 5.74) is 3.35. The summed E-state index contributed by atoms with van der Waals surface area (Å²) < 4.78 is 27.9. The number of fused-ring (bicyclic) bond motifs is 2. The summed E-state index contributed by atoms with van der Waals surface area (Å²) in [5.74, 6) is -2.86. The molecule has 2 aromatic carbocycles. The van der Waals surface area contributed by atoms with E-state index in [2.05, 4.69) is 32.8 Å². The summed E-state index contributed by atoms with van der Waals surface area (Å²) in [4.78, 5) is 30.0. The number of nitrogens with zero attached hydrogens (tertiary/aromatic N) is 3. The van der Waals surface area contributed by atoms with Crippen LogP contribution in [0.15, 0.2) is 60.8 Å². The van der Waals surface area contributed by atoms with Crippen molar-refractivity contribution in [2.45, 2.75) is 25.4 Å². The highest BCUT2D eigenvalue weighted by molar-refractivity contribution is 5.98. The van der Waals surface area contributed by atoms with Gasteiger partial charge in [-0.05, 0) is 41.7 Å². The molecule has 1 aliphatic rings. The topological polar surface area (TPSA) is 88.4 Å². The van der Waals surface area contributed by atoms with Crippen molar-refractivity contribution in [2.75, 3.05) is 0 Å². The summed E-state index contributed by atoms with van der Waals surface area (Å²) in [6, 6.07) is 14.4. The Bertz CT molecular complexity index is 1360. The van der Waals surface area contributed by atoms with E-state index in [9.17, 15) is 18.4 Å². The van der Waals surface area contributed by atoms with Crippen molar-refractivity contribution in [3.63, 3.8) is 0 Å². The van der Waals surface area contributed by atoms with Gasteiger partial charge in [-0.15, -0.1) is 0 Å². The first-order valence-corrected chi connectivity index (χ1v) is 10.4. The number of rotatable bonds is 5. The van der Waals surface area contributed by atoms with Crippen molar-refractivity contribution in [2.24, 2.45) is 0 Å². The Morgan fingerprint density at radius 2 is 1.73 bits per heavy atom. The van der Waals surface area contributed by atoms with Gasteiger partial charge in [0.1, 0.15) is 11.4 Å². The maximum Gasteiger partial charge on any atom is 0.270 e. The first-order valence-electron chi connectivity index (χ1n) is 10.4. The molecule has 2 heterocycles. The summed E-state index contributed by atoms with van der Waals surface area (Å²) in [6.45, 7) is -0.0238. The highest BCUT2D eigenvalue weighted by Gasteiger charge is 2.25. The molecule has 0 radical (unpaired) electrons. The number of hydrogen-bond acceptors (Lipinski definition) is 4. The maximum absolute atomic E-state index is 13.4. The third kappa shape index (κ3) is 4.17. The lowest BCUT2D eigenvalue weighted by atomic mass is 10.1. The molecule has 0 aliphatic heterocycles. The molecule has 2 N–H and O–H groups in total. The summed E-state index contributed by atoms with van der Waals surface area (Å²) in [7, 11) is 0. The fourth-order valence-electron chi connectivity index (χ4n) is 4.03. The van der Waals surface area contributed by atoms with Gasteiger partial charge in [0.15, 0.2) is 17.3 Å². The lowest BCUT2D eigenvalue weighted by molar-refractivity contribution is 0.0930. The number of benzene rings is 2. The van der Waals surface area contributed by atoms with Crippen LogP contribution in [0.4, 0.5) is 8.78 Å². The first-order chi connectivity index (χ1) is 16.0. The molecule has 0 saturated heterocycles. The smallest absolute Gasteiger partial charge is 0.270 e. The van der Waals surface area contributed by atoms with E-state index in [0.717, 1.165) is 25.0 Å². The van der Waals surface area contributed by atoms with Gasteiger partial charge in [-0.2, -0.15) is 5.10 Å². The van der Waals surface area contributed by atoms with Gasteiger partial charge in [0.25, 0.3) is 11.8 Å². The predicted molar refractivity (Wildman–Crippen MR) is 116 cm³/mol. The molecule has 33 heavy (non-hydrogen) atoms. The molecule has 0 saturated carbocycles. The normalized spacial score (nSPS) is 13.2. The van der Waals surface area contributed by atoms with Crippen molar-refractivity contribution < 1.29 is 18.4 Å². The lowest BCUT2D eigenvalue weighted by Gasteiger charge is -2.13. The van der Waals surface area contributed by atoms with E-state index >= 15 is 0 Å². The number of aromatic nitrogens is 3. The molecule has 5 rings (SSSR count). The minimum absolute atomic E-state index is 0.0189. The molecule has 2 amide bonds. The molecule has 0 fully saturated rings. The Balaban J connectivity index is 1.34. The van der Waals surface area contributed by atoms with E-state index in [1.165, 1.54) is 34.0 Å². The van der Waals surface area contributed by atoms with E-state index in [1.807, 2.05) is 12.1 Å². The average Bonchev–Trinajstić information content (AvgIpc) is 3.45. The Labute approximate surface area is 187 Å². The van der Waals surface area contributed by atoms with Gasteiger partial charge in [-0.1, -0.05) is 30.3 Å². The Kier molecular flexibility index (Phi) is 5.29. The van der Waals surface area contributed by atoms with Gasteiger partial charge < -0.3 is 10.6 Å². The van der Waals surface area contributed by atoms with Crippen LogP contribution in [0.3, 0.4) is 0 Å². The number of halogens is 2. The van der Waals surface area contributed by atoms with Gasteiger partial charge in [-0.25, -0.2) is 18.3 Å². The highest BCUT2D eigenvalue weighted by Crippen LogP contribution is 2.22. The largest absolute Gasteiger partial charge is 0.347 e. The molecule has 4 aromatic rings. The van der Waals surface area contributed by atoms with Crippen molar-refractivity contribution in [3.8, 4) is 0 Å². The van der Waals surface area contributed by atoms with Gasteiger partial charge >= 0.3 is 0 Å². The Hall–Kier alpha value is -4.14. The third-order valence-corrected chi connectivity index (χ3v) is 5.65. The van der Waals surface area contributed by atoms with Gasteiger partial charge in [-0.3, -0.25) is 9.59 Å². The van der Waals surface area contributed by atoms with E-state index in [0.29, 0.717) is 11.2 Å². The number of carbonyl (C=O) groups is 2. The predicted octanol–water partition coefficient (Wildman–Crippen LogP) is 2.83. The van der Waals surface area contributed by atoms with Crippen LogP contribution in [0.1, 0.15) is 37.7 Å². The second-order valence-corrected chi connectivity index (χ2v) is 7.91. The van der Waals surface area contributed by atoms with Crippen LogP contribution in [0.5, 0.6) is 0 Å². The first kappa shape index (κ1) is 20.7. The zero-order valence-corrected chi connectivity index (χ0v) is 17.4. The number of hydrogen-bond donors (Lipinski definition) is 2. The number of amides is 2. The molecule has 1 aliphatic carbocycles. The summed E-state index contributed by atoms with van der Waals surface area (Å²) >= 11 is 0. The third-order valence-electron chi connectivity index (χ3n) is 5.65. The minimum Gasteiger partial charge on any atom is -0.347 e. The molecule has 0 spiro atoms. The monoisotopic (exact) mass is 447 g/mol. The second-order valence-electron chi connectivity index (χ2n) is 7.91. The standard InChI is InChI=1S/C24H19F2N5O2/c25-18-6-5-14(9-19(18)26)13-27-23(32)20-12-21(31-22(30-20)7-8-28-31)24(33)29-17-10-15-3-1-2-4-16(15)11-17/h1-9,12,17H,10-11,13H2,(H,27,32)(H,29,33). The van der Waals surface area contributed by atoms with E-state index in [-0.39, 0.29) is 29.9 Å². The van der Waals surface area contributed by atoms with Crippen LogP contribution in [0.25, 0.3) is 5.65 Å². The second kappa shape index (κ2) is 8.42. The van der Waals surface area contributed by atoms with Crippen molar-refractivity contribution in [1.29, 1.82) is 0 Å². The number of nitrogens with one attached hydrogen (secondary N) is 2. The molecule has 9 heteroatoms. The Morgan fingerprint density at radius 3 is 2.45 bits per heavy atom. The fourth-order valence-corrected chi connectivity index (χ4v) is 4.03.